The highest BCUT2D eigenvalue weighted by Gasteiger charge is 2.03. The summed E-state index contributed by atoms with van der Waals surface area (Å²) in [5.74, 6) is 1.55. The number of aryl methyl sites for hydroxylation is 1. The van der Waals surface area contributed by atoms with Gasteiger partial charge in [-0.3, -0.25) is 0 Å². The normalized spacial score (nSPS) is 12.3. The molecule has 0 amide bonds. The Hall–Kier alpha value is -1.83. The molecule has 0 saturated carbocycles. The van der Waals surface area contributed by atoms with Crippen LogP contribution in [-0.4, -0.2) is 11.5 Å². The second-order valence-corrected chi connectivity index (χ2v) is 4.96. The van der Waals surface area contributed by atoms with Crippen LogP contribution in [0.4, 0.5) is 5.82 Å². The number of benzene rings is 1. The molecule has 1 unspecified atom stereocenters. The van der Waals surface area contributed by atoms with Crippen molar-refractivity contribution in [1.29, 1.82) is 0 Å². The van der Waals surface area contributed by atoms with Gasteiger partial charge in [0.15, 0.2) is 0 Å². The number of aromatic nitrogens is 1. The van der Waals surface area contributed by atoms with E-state index < -0.39 is 0 Å². The van der Waals surface area contributed by atoms with Gasteiger partial charge in [0.05, 0.1) is 5.52 Å². The molecule has 1 N–H and O–H groups in total. The van der Waals surface area contributed by atoms with Gasteiger partial charge in [0, 0.05) is 11.9 Å². The molecule has 0 fully saturated rings. The SMILES string of the molecule is C=CC(CC)CCNc1ccc2cccc(C)c2n1. The Bertz CT molecular complexity index is 560. The minimum atomic E-state index is 0.592. The van der Waals surface area contributed by atoms with Crippen LogP contribution in [-0.2, 0) is 0 Å². The summed E-state index contributed by atoms with van der Waals surface area (Å²) in [6.07, 6.45) is 4.29. The van der Waals surface area contributed by atoms with E-state index in [4.69, 9.17) is 0 Å². The van der Waals surface area contributed by atoms with Crippen molar-refractivity contribution in [3.05, 3.63) is 48.6 Å². The van der Waals surface area contributed by atoms with Gasteiger partial charge >= 0.3 is 0 Å². The van der Waals surface area contributed by atoms with Crippen molar-refractivity contribution < 1.29 is 0 Å². The predicted octanol–water partition coefficient (Wildman–Crippen LogP) is 4.56. The van der Waals surface area contributed by atoms with Crippen molar-refractivity contribution in [2.24, 2.45) is 5.92 Å². The topological polar surface area (TPSA) is 24.9 Å². The van der Waals surface area contributed by atoms with E-state index in [1.165, 1.54) is 10.9 Å². The Balaban J connectivity index is 2.05. The smallest absolute Gasteiger partial charge is 0.126 e. The second-order valence-electron chi connectivity index (χ2n) is 4.96. The van der Waals surface area contributed by atoms with Crippen LogP contribution < -0.4 is 5.32 Å². The van der Waals surface area contributed by atoms with Crippen LogP contribution in [0.3, 0.4) is 0 Å². The number of nitrogens with zero attached hydrogens (tertiary/aromatic N) is 1. The zero-order valence-electron chi connectivity index (χ0n) is 11.8. The average Bonchev–Trinajstić information content (AvgIpc) is 2.44. The molecule has 2 heteroatoms. The fourth-order valence-electron chi connectivity index (χ4n) is 2.27. The molecule has 0 aliphatic rings. The minimum Gasteiger partial charge on any atom is -0.370 e. The van der Waals surface area contributed by atoms with E-state index in [2.05, 4.69) is 61.1 Å². The third-order valence-electron chi connectivity index (χ3n) is 3.60. The molecule has 0 radical (unpaired) electrons. The summed E-state index contributed by atoms with van der Waals surface area (Å²) in [5, 5.41) is 4.60. The Kier molecular flexibility index (Phi) is 4.56. The summed E-state index contributed by atoms with van der Waals surface area (Å²) in [6.45, 7) is 9.11. The van der Waals surface area contributed by atoms with E-state index >= 15 is 0 Å². The molecule has 2 aromatic rings. The average molecular weight is 254 g/mol. The molecule has 1 heterocycles. The van der Waals surface area contributed by atoms with Crippen LogP contribution in [0, 0.1) is 12.8 Å². The van der Waals surface area contributed by atoms with Crippen LogP contribution in [0.5, 0.6) is 0 Å². The highest BCUT2D eigenvalue weighted by molar-refractivity contribution is 5.83. The first-order valence-electron chi connectivity index (χ1n) is 6.97. The predicted molar refractivity (Wildman–Crippen MR) is 83.6 cm³/mol. The molecule has 2 nitrogen and oxygen atoms in total. The van der Waals surface area contributed by atoms with Crippen LogP contribution in [0.15, 0.2) is 43.0 Å². The van der Waals surface area contributed by atoms with Crippen LogP contribution >= 0.6 is 0 Å². The number of para-hydroxylation sites is 1. The van der Waals surface area contributed by atoms with Crippen molar-refractivity contribution in [3.8, 4) is 0 Å². The lowest BCUT2D eigenvalue weighted by Gasteiger charge is -2.11. The van der Waals surface area contributed by atoms with Gasteiger partial charge in [0.1, 0.15) is 5.82 Å². The number of fused-ring (bicyclic) bond motifs is 1. The standard InChI is InChI=1S/C17H22N2/c1-4-14(5-2)11-12-18-16-10-9-15-8-6-7-13(3)17(15)19-16/h4,6-10,14H,1,5,11-12H2,2-3H3,(H,18,19). The van der Waals surface area contributed by atoms with Gasteiger partial charge in [-0.25, -0.2) is 4.98 Å². The first-order chi connectivity index (χ1) is 9.24. The number of hydrogen-bond donors (Lipinski definition) is 1. The number of rotatable bonds is 6. The van der Waals surface area contributed by atoms with Crippen LogP contribution in [0.25, 0.3) is 10.9 Å². The van der Waals surface area contributed by atoms with Gasteiger partial charge in [0.2, 0.25) is 0 Å². The molecular formula is C17H22N2. The van der Waals surface area contributed by atoms with Crippen LogP contribution in [0.1, 0.15) is 25.3 Å². The van der Waals surface area contributed by atoms with Gasteiger partial charge in [-0.2, -0.15) is 0 Å². The zero-order valence-corrected chi connectivity index (χ0v) is 11.8. The van der Waals surface area contributed by atoms with Gasteiger partial charge < -0.3 is 5.32 Å². The lowest BCUT2D eigenvalue weighted by atomic mass is 10.0. The molecule has 1 aromatic heterocycles. The Morgan fingerprint density at radius 2 is 2.16 bits per heavy atom. The Morgan fingerprint density at radius 3 is 2.89 bits per heavy atom. The molecular weight excluding hydrogens is 232 g/mol. The highest BCUT2D eigenvalue weighted by Crippen LogP contribution is 2.18. The third kappa shape index (κ3) is 3.34. The molecule has 19 heavy (non-hydrogen) atoms. The Morgan fingerprint density at radius 1 is 1.32 bits per heavy atom. The van der Waals surface area contributed by atoms with Gasteiger partial charge in [-0.05, 0) is 43.4 Å². The van der Waals surface area contributed by atoms with Crippen molar-refractivity contribution in [1.82, 2.24) is 4.98 Å². The highest BCUT2D eigenvalue weighted by atomic mass is 15.0. The monoisotopic (exact) mass is 254 g/mol. The maximum atomic E-state index is 4.69. The molecule has 0 aliphatic heterocycles. The number of hydrogen-bond acceptors (Lipinski definition) is 2. The summed E-state index contributed by atoms with van der Waals surface area (Å²) in [5.41, 5.74) is 2.31. The summed E-state index contributed by atoms with van der Waals surface area (Å²) >= 11 is 0. The number of nitrogens with one attached hydrogen (secondary N) is 1. The lowest BCUT2D eigenvalue weighted by Crippen LogP contribution is -2.08. The van der Waals surface area contributed by atoms with Crippen molar-refractivity contribution in [3.63, 3.8) is 0 Å². The van der Waals surface area contributed by atoms with Gasteiger partial charge in [-0.1, -0.05) is 31.2 Å². The molecule has 0 saturated heterocycles. The maximum absolute atomic E-state index is 4.69. The molecule has 2 rings (SSSR count). The largest absolute Gasteiger partial charge is 0.370 e. The van der Waals surface area contributed by atoms with E-state index in [0.717, 1.165) is 30.7 Å². The second kappa shape index (κ2) is 6.37. The fourth-order valence-corrected chi connectivity index (χ4v) is 2.27. The van der Waals surface area contributed by atoms with Gasteiger partial charge in [0.25, 0.3) is 0 Å². The van der Waals surface area contributed by atoms with Crippen LogP contribution in [0.2, 0.25) is 0 Å². The van der Waals surface area contributed by atoms with E-state index in [1.54, 1.807) is 0 Å². The van der Waals surface area contributed by atoms with E-state index in [1.807, 2.05) is 6.08 Å². The summed E-state index contributed by atoms with van der Waals surface area (Å²) in [6, 6.07) is 10.5. The number of pyridine rings is 1. The maximum Gasteiger partial charge on any atom is 0.126 e. The lowest BCUT2D eigenvalue weighted by molar-refractivity contribution is 0.591. The van der Waals surface area contributed by atoms with Gasteiger partial charge in [-0.15, -0.1) is 6.58 Å². The first-order valence-corrected chi connectivity index (χ1v) is 6.97. The minimum absolute atomic E-state index is 0.592. The van der Waals surface area contributed by atoms with E-state index in [0.29, 0.717) is 5.92 Å². The molecule has 1 aromatic carbocycles. The van der Waals surface area contributed by atoms with Crippen molar-refractivity contribution in [2.45, 2.75) is 26.7 Å². The third-order valence-corrected chi connectivity index (χ3v) is 3.60. The quantitative estimate of drug-likeness (QED) is 0.764. The molecule has 0 aliphatic carbocycles. The molecule has 100 valence electrons. The molecule has 0 bridgehead atoms. The fraction of sp³-hybridized carbons (Fsp3) is 0.353. The molecule has 1 atom stereocenters. The molecule has 0 spiro atoms. The number of allylic oxidation sites excluding steroid dienone is 1. The first kappa shape index (κ1) is 13.6. The van der Waals surface area contributed by atoms with Crippen molar-refractivity contribution in [2.75, 3.05) is 11.9 Å². The zero-order chi connectivity index (χ0) is 13.7. The Labute approximate surface area is 115 Å². The summed E-state index contributed by atoms with van der Waals surface area (Å²) < 4.78 is 0. The summed E-state index contributed by atoms with van der Waals surface area (Å²) in [7, 11) is 0. The van der Waals surface area contributed by atoms with Crippen molar-refractivity contribution >= 4 is 16.7 Å². The van der Waals surface area contributed by atoms with E-state index in [9.17, 15) is 0 Å². The number of anilines is 1. The van der Waals surface area contributed by atoms with E-state index in [-0.39, 0.29) is 0 Å². The summed E-state index contributed by atoms with van der Waals surface area (Å²) in [4.78, 5) is 4.69.